The van der Waals surface area contributed by atoms with Crippen molar-refractivity contribution in [2.24, 2.45) is 5.73 Å². The highest BCUT2D eigenvalue weighted by Gasteiger charge is 2.14. The number of rotatable bonds is 6. The van der Waals surface area contributed by atoms with Crippen LogP contribution in [0.15, 0.2) is 24.5 Å². The van der Waals surface area contributed by atoms with Crippen LogP contribution in [0, 0.1) is 0 Å². The molecule has 0 aliphatic carbocycles. The van der Waals surface area contributed by atoms with E-state index in [2.05, 4.69) is 10.1 Å². The van der Waals surface area contributed by atoms with E-state index in [1.807, 2.05) is 6.92 Å². The van der Waals surface area contributed by atoms with Crippen molar-refractivity contribution < 1.29 is 9.53 Å². The molecule has 2 rings (SSSR count). The van der Waals surface area contributed by atoms with Crippen LogP contribution < -0.4 is 16.2 Å². The van der Waals surface area contributed by atoms with Gasteiger partial charge in [-0.15, -0.1) is 0 Å². The van der Waals surface area contributed by atoms with Gasteiger partial charge in [-0.3, -0.25) is 4.79 Å². The molecule has 7 heteroatoms. The minimum Gasteiger partial charge on any atom is -0.483 e. The van der Waals surface area contributed by atoms with Gasteiger partial charge < -0.3 is 16.2 Å². The lowest BCUT2D eigenvalue weighted by Crippen LogP contribution is -2.15. The molecule has 106 valence electrons. The molecule has 1 aromatic heterocycles. The van der Waals surface area contributed by atoms with E-state index in [-0.39, 0.29) is 17.9 Å². The molecule has 7 nitrogen and oxygen atoms in total. The lowest BCUT2D eigenvalue weighted by Gasteiger charge is -2.12. The fraction of sp³-hybridized carbons (Fsp3) is 0.308. The molecule has 0 spiro atoms. The first-order chi connectivity index (χ1) is 9.63. The summed E-state index contributed by atoms with van der Waals surface area (Å²) in [4.78, 5) is 15.5. The zero-order valence-electron chi connectivity index (χ0n) is 11.2. The first-order valence-corrected chi connectivity index (χ1v) is 6.31. The standard InChI is InChI=1S/C13H17N5O2/c1-2-6-18-11(16-8-17-18)7-20-12-9(13(15)19)4-3-5-10(12)14/h3-5,8H,2,6-7,14H2,1H3,(H2,15,19). The zero-order valence-corrected chi connectivity index (χ0v) is 11.2. The SMILES string of the molecule is CCCn1ncnc1COc1c(N)cccc1C(N)=O. The Bertz CT molecular complexity index is 609. The van der Waals surface area contributed by atoms with Gasteiger partial charge in [-0.1, -0.05) is 13.0 Å². The van der Waals surface area contributed by atoms with Crippen molar-refractivity contribution in [3.63, 3.8) is 0 Å². The number of carbonyl (C=O) groups excluding carboxylic acids is 1. The number of aromatic nitrogens is 3. The fourth-order valence-corrected chi connectivity index (χ4v) is 1.85. The second kappa shape index (κ2) is 6.05. The molecule has 0 saturated carbocycles. The van der Waals surface area contributed by atoms with Gasteiger partial charge >= 0.3 is 0 Å². The summed E-state index contributed by atoms with van der Waals surface area (Å²) in [5.74, 6) is 0.374. The number of nitrogens with zero attached hydrogens (tertiary/aromatic N) is 3. The van der Waals surface area contributed by atoms with Gasteiger partial charge in [0, 0.05) is 6.54 Å². The van der Waals surface area contributed by atoms with Crippen molar-refractivity contribution in [1.29, 1.82) is 0 Å². The van der Waals surface area contributed by atoms with Crippen LogP contribution in [0.4, 0.5) is 5.69 Å². The summed E-state index contributed by atoms with van der Waals surface area (Å²) in [5, 5.41) is 4.10. The fourth-order valence-electron chi connectivity index (χ4n) is 1.85. The summed E-state index contributed by atoms with van der Waals surface area (Å²) < 4.78 is 7.36. The average molecular weight is 275 g/mol. The molecule has 0 aliphatic heterocycles. The van der Waals surface area contributed by atoms with Gasteiger partial charge in [0.05, 0.1) is 11.3 Å². The van der Waals surface area contributed by atoms with Crippen LogP contribution in [0.25, 0.3) is 0 Å². The molecule has 4 N–H and O–H groups in total. The number of ether oxygens (including phenoxy) is 1. The third-order valence-electron chi connectivity index (χ3n) is 2.79. The summed E-state index contributed by atoms with van der Waals surface area (Å²) >= 11 is 0. The molecule has 1 aromatic carbocycles. The maximum Gasteiger partial charge on any atom is 0.252 e. The van der Waals surface area contributed by atoms with Crippen molar-refractivity contribution in [2.75, 3.05) is 5.73 Å². The van der Waals surface area contributed by atoms with E-state index in [1.165, 1.54) is 6.33 Å². The largest absolute Gasteiger partial charge is 0.483 e. The second-order valence-corrected chi connectivity index (χ2v) is 4.28. The van der Waals surface area contributed by atoms with Gasteiger partial charge in [0.1, 0.15) is 12.9 Å². The van der Waals surface area contributed by atoms with Gasteiger partial charge in [0.15, 0.2) is 11.6 Å². The number of nitrogens with two attached hydrogens (primary N) is 2. The van der Waals surface area contributed by atoms with E-state index in [0.717, 1.165) is 13.0 Å². The maximum atomic E-state index is 11.4. The van der Waals surface area contributed by atoms with Crippen LogP contribution in [0.1, 0.15) is 29.5 Å². The summed E-state index contributed by atoms with van der Waals surface area (Å²) in [6, 6.07) is 4.88. The number of hydrogen-bond acceptors (Lipinski definition) is 5. The Morgan fingerprint density at radius 1 is 1.45 bits per heavy atom. The number of amides is 1. The van der Waals surface area contributed by atoms with Gasteiger partial charge in [0.2, 0.25) is 0 Å². The van der Waals surface area contributed by atoms with Crippen LogP contribution in [0.5, 0.6) is 5.75 Å². The highest BCUT2D eigenvalue weighted by Crippen LogP contribution is 2.26. The average Bonchev–Trinajstić information content (AvgIpc) is 2.85. The van der Waals surface area contributed by atoms with E-state index in [4.69, 9.17) is 16.2 Å². The number of anilines is 1. The molecule has 0 unspecified atom stereocenters. The molecule has 0 atom stereocenters. The number of para-hydroxylation sites is 1. The van der Waals surface area contributed by atoms with Crippen molar-refractivity contribution in [1.82, 2.24) is 14.8 Å². The van der Waals surface area contributed by atoms with Crippen LogP contribution in [-0.4, -0.2) is 20.7 Å². The Morgan fingerprint density at radius 3 is 2.95 bits per heavy atom. The third-order valence-corrected chi connectivity index (χ3v) is 2.79. The number of nitrogen functional groups attached to an aromatic ring is 1. The lowest BCUT2D eigenvalue weighted by molar-refractivity contribution is 0.0996. The molecule has 20 heavy (non-hydrogen) atoms. The first-order valence-electron chi connectivity index (χ1n) is 6.31. The number of benzene rings is 1. The van der Waals surface area contributed by atoms with Crippen molar-refractivity contribution >= 4 is 11.6 Å². The smallest absolute Gasteiger partial charge is 0.252 e. The third kappa shape index (κ3) is 2.87. The quantitative estimate of drug-likeness (QED) is 0.763. The van der Waals surface area contributed by atoms with E-state index < -0.39 is 5.91 Å². The topological polar surface area (TPSA) is 109 Å². The Labute approximate surface area is 116 Å². The highest BCUT2D eigenvalue weighted by atomic mass is 16.5. The summed E-state index contributed by atoms with van der Waals surface area (Å²) in [6.07, 6.45) is 2.41. The number of aryl methyl sites for hydroxylation is 1. The Morgan fingerprint density at radius 2 is 2.25 bits per heavy atom. The van der Waals surface area contributed by atoms with Gasteiger partial charge in [0.25, 0.3) is 5.91 Å². The monoisotopic (exact) mass is 275 g/mol. The number of primary amides is 1. The Hall–Kier alpha value is -2.57. The van der Waals surface area contributed by atoms with Crippen LogP contribution in [-0.2, 0) is 13.2 Å². The summed E-state index contributed by atoms with van der Waals surface area (Å²) in [6.45, 7) is 2.98. The molecule has 0 saturated heterocycles. The predicted octanol–water partition coefficient (Wildman–Crippen LogP) is 0.948. The van der Waals surface area contributed by atoms with E-state index in [9.17, 15) is 4.79 Å². The minimum atomic E-state index is -0.581. The minimum absolute atomic E-state index is 0.175. The van der Waals surface area contributed by atoms with Crippen molar-refractivity contribution in [3.05, 3.63) is 35.9 Å². The Kier molecular flexibility index (Phi) is 4.19. The summed E-state index contributed by atoms with van der Waals surface area (Å²) in [5.41, 5.74) is 11.7. The molecular formula is C13H17N5O2. The van der Waals surface area contributed by atoms with Gasteiger partial charge in [-0.25, -0.2) is 9.67 Å². The highest BCUT2D eigenvalue weighted by molar-refractivity contribution is 5.97. The molecule has 1 heterocycles. The number of carbonyl (C=O) groups is 1. The van der Waals surface area contributed by atoms with Crippen molar-refractivity contribution in [2.45, 2.75) is 26.5 Å². The second-order valence-electron chi connectivity index (χ2n) is 4.28. The van der Waals surface area contributed by atoms with Crippen LogP contribution in [0.2, 0.25) is 0 Å². The molecule has 0 radical (unpaired) electrons. The maximum absolute atomic E-state index is 11.4. The van der Waals surface area contributed by atoms with Crippen molar-refractivity contribution in [3.8, 4) is 5.75 Å². The molecule has 0 bridgehead atoms. The van der Waals surface area contributed by atoms with Crippen LogP contribution >= 0.6 is 0 Å². The van der Waals surface area contributed by atoms with Crippen LogP contribution in [0.3, 0.4) is 0 Å². The molecule has 2 aromatic rings. The summed E-state index contributed by atoms with van der Waals surface area (Å²) in [7, 11) is 0. The zero-order chi connectivity index (χ0) is 14.5. The van der Waals surface area contributed by atoms with E-state index in [0.29, 0.717) is 11.5 Å². The lowest BCUT2D eigenvalue weighted by atomic mass is 10.1. The molecular weight excluding hydrogens is 258 g/mol. The molecule has 0 fully saturated rings. The van der Waals surface area contributed by atoms with Gasteiger partial charge in [-0.2, -0.15) is 5.10 Å². The first kappa shape index (κ1) is 13.9. The number of hydrogen-bond donors (Lipinski definition) is 2. The normalized spacial score (nSPS) is 10.4. The van der Waals surface area contributed by atoms with E-state index >= 15 is 0 Å². The molecule has 1 amide bonds. The molecule has 0 aliphatic rings. The predicted molar refractivity (Wildman–Crippen MR) is 74.0 cm³/mol. The van der Waals surface area contributed by atoms with E-state index in [1.54, 1.807) is 22.9 Å². The Balaban J connectivity index is 2.18. The van der Waals surface area contributed by atoms with Gasteiger partial charge in [-0.05, 0) is 18.6 Å².